The number of alkyl halides is 3. The van der Waals surface area contributed by atoms with E-state index in [0.29, 0.717) is 12.8 Å². The van der Waals surface area contributed by atoms with Crippen LogP contribution in [-0.4, -0.2) is 23.3 Å². The van der Waals surface area contributed by atoms with E-state index in [4.69, 9.17) is 4.74 Å². The predicted molar refractivity (Wildman–Crippen MR) is 103 cm³/mol. The van der Waals surface area contributed by atoms with Crippen LogP contribution >= 0.6 is 11.8 Å². The van der Waals surface area contributed by atoms with Crippen molar-refractivity contribution in [3.05, 3.63) is 64.8 Å². The number of H-pyrrole nitrogens is 1. The largest absolute Gasteiger partial charge is 0.458 e. The molecule has 7 heteroatoms. The number of esters is 1. The maximum atomic E-state index is 12.9. The molecule has 146 valence electrons. The van der Waals surface area contributed by atoms with E-state index in [0.717, 1.165) is 45.6 Å². The average Bonchev–Trinajstić information content (AvgIpc) is 3.04. The van der Waals surface area contributed by atoms with Gasteiger partial charge in [-0.3, -0.25) is 0 Å². The van der Waals surface area contributed by atoms with Crippen LogP contribution in [0, 0.1) is 0 Å². The molecular formula is C21H18F3NO2S. The fourth-order valence-corrected chi connectivity index (χ4v) is 4.07. The number of aromatic nitrogens is 1. The van der Waals surface area contributed by atoms with Crippen molar-refractivity contribution in [1.82, 2.24) is 4.98 Å². The Balaban J connectivity index is 1.54. The van der Waals surface area contributed by atoms with Crippen LogP contribution in [0.15, 0.2) is 47.4 Å². The topological polar surface area (TPSA) is 42.1 Å². The van der Waals surface area contributed by atoms with Gasteiger partial charge in [0.05, 0.1) is 11.1 Å². The van der Waals surface area contributed by atoms with Crippen LogP contribution < -0.4 is 0 Å². The van der Waals surface area contributed by atoms with E-state index in [-0.39, 0.29) is 11.7 Å². The van der Waals surface area contributed by atoms with Crippen LogP contribution in [-0.2, 0) is 23.8 Å². The first-order valence-electron chi connectivity index (χ1n) is 8.91. The van der Waals surface area contributed by atoms with E-state index < -0.39 is 17.7 Å². The lowest BCUT2D eigenvalue weighted by Crippen LogP contribution is -2.25. The van der Waals surface area contributed by atoms with Gasteiger partial charge in [-0.1, -0.05) is 6.07 Å². The Hall–Kier alpha value is -2.41. The molecule has 1 N–H and O–H groups in total. The van der Waals surface area contributed by atoms with Crippen LogP contribution in [0.25, 0.3) is 10.9 Å². The fourth-order valence-electron chi connectivity index (χ4n) is 3.63. The van der Waals surface area contributed by atoms with E-state index in [1.807, 2.05) is 12.3 Å². The molecule has 0 aliphatic heterocycles. The summed E-state index contributed by atoms with van der Waals surface area (Å²) < 4.78 is 44.2. The van der Waals surface area contributed by atoms with Gasteiger partial charge in [-0.25, -0.2) is 4.79 Å². The van der Waals surface area contributed by atoms with Crippen molar-refractivity contribution in [2.75, 3.05) is 6.26 Å². The highest BCUT2D eigenvalue weighted by atomic mass is 32.2. The first-order chi connectivity index (χ1) is 13.3. The van der Waals surface area contributed by atoms with Crippen molar-refractivity contribution in [3.8, 4) is 0 Å². The summed E-state index contributed by atoms with van der Waals surface area (Å²) in [7, 11) is 0. The zero-order valence-electron chi connectivity index (χ0n) is 15.1. The molecule has 0 amide bonds. The number of carbonyl (C=O) groups excluding carboxylic acids is 1. The second kappa shape index (κ2) is 7.20. The summed E-state index contributed by atoms with van der Waals surface area (Å²) in [5, 5.41) is 1.11. The number of benzene rings is 2. The van der Waals surface area contributed by atoms with E-state index in [1.165, 1.54) is 12.1 Å². The number of aromatic amines is 1. The van der Waals surface area contributed by atoms with Gasteiger partial charge in [0.25, 0.3) is 0 Å². The van der Waals surface area contributed by atoms with Gasteiger partial charge in [0.1, 0.15) is 6.10 Å². The molecule has 0 saturated heterocycles. The average molecular weight is 405 g/mol. The quantitative estimate of drug-likeness (QED) is 0.454. The Bertz CT molecular complexity index is 1040. The predicted octanol–water partition coefficient (Wildman–Crippen LogP) is 5.62. The maximum absolute atomic E-state index is 12.9. The van der Waals surface area contributed by atoms with Crippen LogP contribution in [0.5, 0.6) is 0 Å². The first-order valence-corrected chi connectivity index (χ1v) is 10.1. The van der Waals surface area contributed by atoms with Crippen molar-refractivity contribution in [2.45, 2.75) is 36.4 Å². The van der Waals surface area contributed by atoms with Gasteiger partial charge in [-0.2, -0.15) is 13.2 Å². The lowest BCUT2D eigenvalue weighted by Gasteiger charge is -2.23. The van der Waals surface area contributed by atoms with Gasteiger partial charge in [0.2, 0.25) is 0 Å². The molecule has 1 atom stereocenters. The molecule has 3 aromatic rings. The summed E-state index contributed by atoms with van der Waals surface area (Å²) in [6.07, 6.45) is -0.905. The number of rotatable bonds is 3. The molecule has 3 nitrogen and oxygen atoms in total. The fraction of sp³-hybridized carbons (Fsp3) is 0.286. The number of ether oxygens (including phenoxy) is 1. The van der Waals surface area contributed by atoms with Gasteiger partial charge >= 0.3 is 12.1 Å². The summed E-state index contributed by atoms with van der Waals surface area (Å²) in [6, 6.07) is 10.6. The Morgan fingerprint density at radius 3 is 2.79 bits per heavy atom. The van der Waals surface area contributed by atoms with Gasteiger partial charge in [0.15, 0.2) is 0 Å². The van der Waals surface area contributed by atoms with Gasteiger partial charge in [-0.05, 0) is 61.1 Å². The van der Waals surface area contributed by atoms with Crippen molar-refractivity contribution in [2.24, 2.45) is 0 Å². The molecule has 4 rings (SSSR count). The third-order valence-corrected chi connectivity index (χ3v) is 5.77. The van der Waals surface area contributed by atoms with Crippen molar-refractivity contribution in [1.29, 1.82) is 0 Å². The third kappa shape index (κ3) is 3.63. The molecule has 1 unspecified atom stereocenters. The molecule has 0 spiro atoms. The number of hydrogen-bond acceptors (Lipinski definition) is 3. The number of fused-ring (bicyclic) bond motifs is 3. The zero-order valence-corrected chi connectivity index (χ0v) is 15.9. The number of thioether (sulfide) groups is 1. The minimum atomic E-state index is -4.49. The summed E-state index contributed by atoms with van der Waals surface area (Å²) in [4.78, 5) is 17.0. The Kier molecular flexibility index (Phi) is 4.87. The third-order valence-electron chi connectivity index (χ3n) is 5.05. The molecule has 0 radical (unpaired) electrons. The highest BCUT2D eigenvalue weighted by Crippen LogP contribution is 2.33. The molecule has 1 heterocycles. The number of hydrogen-bond donors (Lipinski definition) is 1. The number of carbonyl (C=O) groups is 1. The Morgan fingerprint density at radius 1 is 1.21 bits per heavy atom. The summed E-state index contributed by atoms with van der Waals surface area (Å²) >= 11 is 1.66. The smallest absolute Gasteiger partial charge is 0.416 e. The Morgan fingerprint density at radius 2 is 2.04 bits per heavy atom. The van der Waals surface area contributed by atoms with Crippen molar-refractivity contribution >= 4 is 28.6 Å². The number of aryl methyl sites for hydroxylation is 1. The molecule has 1 aromatic heterocycles. The second-order valence-corrected chi connectivity index (χ2v) is 7.72. The van der Waals surface area contributed by atoms with Crippen LogP contribution in [0.3, 0.4) is 0 Å². The summed E-state index contributed by atoms with van der Waals surface area (Å²) in [5.41, 5.74) is 2.38. The van der Waals surface area contributed by atoms with E-state index in [9.17, 15) is 18.0 Å². The van der Waals surface area contributed by atoms with Gasteiger partial charge in [-0.15, -0.1) is 11.8 Å². The summed E-state index contributed by atoms with van der Waals surface area (Å²) in [6.45, 7) is 0. The van der Waals surface area contributed by atoms with Crippen molar-refractivity contribution < 1.29 is 22.7 Å². The molecule has 1 aliphatic carbocycles. The first kappa shape index (κ1) is 18.9. The highest BCUT2D eigenvalue weighted by molar-refractivity contribution is 7.98. The highest BCUT2D eigenvalue weighted by Gasteiger charge is 2.31. The van der Waals surface area contributed by atoms with Crippen LogP contribution in [0.4, 0.5) is 13.2 Å². The lowest BCUT2D eigenvalue weighted by molar-refractivity contribution is -0.137. The van der Waals surface area contributed by atoms with E-state index in [1.54, 1.807) is 11.8 Å². The molecular weight excluding hydrogens is 387 g/mol. The minimum absolute atomic E-state index is 0.0794. The van der Waals surface area contributed by atoms with Crippen LogP contribution in [0.1, 0.15) is 33.6 Å². The SMILES string of the molecule is CSc1ccc2[nH]c3c(c2c1)CC(OC(=O)c1cccc(C(F)(F)F)c1)CC3. The van der Waals surface area contributed by atoms with E-state index in [2.05, 4.69) is 17.1 Å². The summed E-state index contributed by atoms with van der Waals surface area (Å²) in [5.74, 6) is -0.718. The molecule has 0 bridgehead atoms. The normalized spacial score (nSPS) is 16.8. The van der Waals surface area contributed by atoms with Gasteiger partial charge in [0, 0.05) is 27.9 Å². The molecule has 0 fully saturated rings. The monoisotopic (exact) mass is 405 g/mol. The molecule has 2 aromatic carbocycles. The molecule has 0 saturated carbocycles. The standard InChI is InChI=1S/C21H18F3NO2S/c1-28-15-6-8-19-17(11-15)16-10-14(5-7-18(16)25-19)27-20(26)12-3-2-4-13(9-12)21(22,23)24/h2-4,6,8-9,11,14,25H,5,7,10H2,1H3. The number of halogens is 3. The number of nitrogens with one attached hydrogen (secondary N) is 1. The maximum Gasteiger partial charge on any atom is 0.416 e. The molecule has 28 heavy (non-hydrogen) atoms. The van der Waals surface area contributed by atoms with Gasteiger partial charge < -0.3 is 9.72 Å². The lowest BCUT2D eigenvalue weighted by atomic mass is 9.93. The zero-order chi connectivity index (χ0) is 19.9. The second-order valence-electron chi connectivity index (χ2n) is 6.84. The van der Waals surface area contributed by atoms with E-state index >= 15 is 0 Å². The molecule has 1 aliphatic rings. The van der Waals surface area contributed by atoms with Crippen LogP contribution in [0.2, 0.25) is 0 Å². The minimum Gasteiger partial charge on any atom is -0.458 e. The van der Waals surface area contributed by atoms with Crippen molar-refractivity contribution in [3.63, 3.8) is 0 Å². The Labute approximate surface area is 164 Å².